The molecule has 1 unspecified atom stereocenters. The maximum absolute atomic E-state index is 12.2. The zero-order chi connectivity index (χ0) is 17.9. The quantitative estimate of drug-likeness (QED) is 0.855. The predicted molar refractivity (Wildman–Crippen MR) is 97.9 cm³/mol. The van der Waals surface area contributed by atoms with Gasteiger partial charge in [0.1, 0.15) is 5.69 Å². The molecule has 2 N–H and O–H groups in total. The molecule has 2 heterocycles. The third-order valence-electron chi connectivity index (χ3n) is 4.21. The number of anilines is 2. The number of pyridine rings is 1. The highest BCUT2D eigenvalue weighted by Crippen LogP contribution is 2.17. The molecule has 0 aliphatic carbocycles. The minimum atomic E-state index is -3.01. The van der Waals surface area contributed by atoms with E-state index in [1.807, 2.05) is 12.1 Å². The number of nitrogens with zero attached hydrogens (tertiary/aromatic N) is 1. The minimum Gasteiger partial charge on any atom is -0.354 e. The molecule has 0 bridgehead atoms. The number of nitrogens with one attached hydrogen (secondary N) is 2. The second-order valence-corrected chi connectivity index (χ2v) is 8.41. The van der Waals surface area contributed by atoms with Gasteiger partial charge in [0.15, 0.2) is 9.84 Å². The van der Waals surface area contributed by atoms with Crippen molar-refractivity contribution >= 4 is 27.1 Å². The second kappa shape index (κ2) is 7.23. The van der Waals surface area contributed by atoms with Crippen molar-refractivity contribution in [3.05, 3.63) is 53.9 Å². The highest BCUT2D eigenvalue weighted by Gasteiger charge is 2.29. The fourth-order valence-electron chi connectivity index (χ4n) is 2.76. The number of carbonyl (C=O) groups is 1. The Morgan fingerprint density at radius 1 is 1.16 bits per heavy atom. The summed E-state index contributed by atoms with van der Waals surface area (Å²) < 4.78 is 22.9. The maximum Gasteiger partial charge on any atom is 0.270 e. The van der Waals surface area contributed by atoms with Crippen LogP contribution in [0.25, 0.3) is 0 Å². The molecule has 2 aromatic rings. The lowest BCUT2D eigenvalue weighted by Crippen LogP contribution is -2.36. The first-order chi connectivity index (χ1) is 11.9. The number of aryl methyl sites for hydroxylation is 1. The number of hydrogen-bond donors (Lipinski definition) is 2. The lowest BCUT2D eigenvalue weighted by atomic mass is 10.1. The average Bonchev–Trinajstić information content (AvgIpc) is 2.94. The van der Waals surface area contributed by atoms with Gasteiger partial charge in [0.25, 0.3) is 5.91 Å². The molecule has 0 saturated carbocycles. The summed E-state index contributed by atoms with van der Waals surface area (Å²) in [6, 6.07) is 11.2. The van der Waals surface area contributed by atoms with Crippen LogP contribution < -0.4 is 10.6 Å². The van der Waals surface area contributed by atoms with E-state index in [1.54, 1.807) is 18.3 Å². The van der Waals surface area contributed by atoms with Crippen LogP contribution in [0.2, 0.25) is 0 Å². The summed E-state index contributed by atoms with van der Waals surface area (Å²) in [4.78, 5) is 16.3. The number of hydrogen-bond acceptors (Lipinski definition) is 5. The van der Waals surface area contributed by atoms with Crippen LogP contribution in [-0.4, -0.2) is 36.9 Å². The smallest absolute Gasteiger partial charge is 0.270 e. The Kier molecular flexibility index (Phi) is 5.03. The van der Waals surface area contributed by atoms with Crippen LogP contribution in [0.4, 0.5) is 11.4 Å². The van der Waals surface area contributed by atoms with Crippen LogP contribution in [0, 0.1) is 0 Å². The van der Waals surface area contributed by atoms with Crippen molar-refractivity contribution in [2.24, 2.45) is 0 Å². The summed E-state index contributed by atoms with van der Waals surface area (Å²) in [5, 5.41) is 5.96. The van der Waals surface area contributed by atoms with Gasteiger partial charge in [0.2, 0.25) is 0 Å². The topological polar surface area (TPSA) is 88.2 Å². The largest absolute Gasteiger partial charge is 0.354 e. The van der Waals surface area contributed by atoms with E-state index < -0.39 is 9.84 Å². The Balaban J connectivity index is 1.60. The van der Waals surface area contributed by atoms with E-state index in [2.05, 4.69) is 34.7 Å². The average molecular weight is 359 g/mol. The molecule has 1 aromatic heterocycles. The van der Waals surface area contributed by atoms with Crippen LogP contribution in [0.5, 0.6) is 0 Å². The first kappa shape index (κ1) is 17.4. The van der Waals surface area contributed by atoms with E-state index >= 15 is 0 Å². The Labute approximate surface area is 147 Å². The predicted octanol–water partition coefficient (Wildman–Crippen LogP) is 2.30. The lowest BCUT2D eigenvalue weighted by Gasteiger charge is -2.11. The van der Waals surface area contributed by atoms with Crippen molar-refractivity contribution in [2.45, 2.75) is 25.8 Å². The van der Waals surface area contributed by atoms with Crippen LogP contribution >= 0.6 is 0 Å². The Morgan fingerprint density at radius 2 is 1.88 bits per heavy atom. The van der Waals surface area contributed by atoms with Gasteiger partial charge in [0.05, 0.1) is 23.4 Å². The standard InChI is InChI=1S/C18H21N3O3S/c1-2-13-3-5-14(6-4-13)20-15-7-8-17(19-11-15)18(22)21-16-9-10-25(23,24)12-16/h3-8,11,16,20H,2,9-10,12H2,1H3,(H,21,22). The monoisotopic (exact) mass is 359 g/mol. The van der Waals surface area contributed by atoms with Gasteiger partial charge in [-0.2, -0.15) is 0 Å². The summed E-state index contributed by atoms with van der Waals surface area (Å²) in [5.74, 6) is -0.210. The molecule has 7 heteroatoms. The summed E-state index contributed by atoms with van der Waals surface area (Å²) in [5.41, 5.74) is 3.28. The Morgan fingerprint density at radius 3 is 2.44 bits per heavy atom. The van der Waals surface area contributed by atoms with Gasteiger partial charge >= 0.3 is 0 Å². The summed E-state index contributed by atoms with van der Waals surface area (Å²) in [6.45, 7) is 2.11. The first-order valence-corrected chi connectivity index (χ1v) is 10.1. The van der Waals surface area contributed by atoms with Gasteiger partial charge in [-0.3, -0.25) is 4.79 Å². The number of amides is 1. The molecule has 1 atom stereocenters. The molecular weight excluding hydrogens is 338 g/mol. The Hall–Kier alpha value is -2.41. The summed E-state index contributed by atoms with van der Waals surface area (Å²) in [7, 11) is -3.01. The van der Waals surface area contributed by atoms with Gasteiger partial charge in [-0.05, 0) is 42.7 Å². The molecule has 3 rings (SSSR count). The molecule has 1 saturated heterocycles. The molecule has 0 radical (unpaired) electrons. The molecular formula is C18H21N3O3S. The highest BCUT2D eigenvalue weighted by molar-refractivity contribution is 7.91. The third-order valence-corrected chi connectivity index (χ3v) is 5.98. The zero-order valence-corrected chi connectivity index (χ0v) is 14.8. The maximum atomic E-state index is 12.2. The summed E-state index contributed by atoms with van der Waals surface area (Å²) in [6.07, 6.45) is 3.05. The van der Waals surface area contributed by atoms with E-state index in [0.717, 1.165) is 17.8 Å². The molecule has 1 aliphatic rings. The van der Waals surface area contributed by atoms with Crippen molar-refractivity contribution in [3.63, 3.8) is 0 Å². The molecule has 1 amide bonds. The van der Waals surface area contributed by atoms with Crippen LogP contribution in [0.1, 0.15) is 29.4 Å². The lowest BCUT2D eigenvalue weighted by molar-refractivity contribution is 0.0936. The molecule has 1 aliphatic heterocycles. The van der Waals surface area contributed by atoms with Crippen LogP contribution in [0.15, 0.2) is 42.6 Å². The van der Waals surface area contributed by atoms with E-state index in [-0.39, 0.29) is 29.1 Å². The molecule has 0 spiro atoms. The number of aromatic nitrogens is 1. The van der Waals surface area contributed by atoms with Crippen molar-refractivity contribution in [3.8, 4) is 0 Å². The number of carbonyl (C=O) groups excluding carboxylic acids is 1. The second-order valence-electron chi connectivity index (χ2n) is 6.18. The van der Waals surface area contributed by atoms with Crippen molar-refractivity contribution < 1.29 is 13.2 Å². The minimum absolute atomic E-state index is 0.00609. The van der Waals surface area contributed by atoms with E-state index in [9.17, 15) is 13.2 Å². The third kappa shape index (κ3) is 4.57. The Bertz CT molecular complexity index is 846. The number of rotatable bonds is 5. The van der Waals surface area contributed by atoms with Crippen molar-refractivity contribution in [1.29, 1.82) is 0 Å². The van der Waals surface area contributed by atoms with Crippen LogP contribution in [0.3, 0.4) is 0 Å². The van der Waals surface area contributed by atoms with E-state index in [0.29, 0.717) is 6.42 Å². The van der Waals surface area contributed by atoms with Gasteiger partial charge < -0.3 is 10.6 Å². The molecule has 1 aromatic carbocycles. The molecule has 1 fully saturated rings. The molecule has 132 valence electrons. The fourth-order valence-corrected chi connectivity index (χ4v) is 4.43. The fraction of sp³-hybridized carbons (Fsp3) is 0.333. The molecule has 25 heavy (non-hydrogen) atoms. The van der Waals surface area contributed by atoms with Gasteiger partial charge in [-0.25, -0.2) is 13.4 Å². The van der Waals surface area contributed by atoms with Gasteiger partial charge in [-0.1, -0.05) is 19.1 Å². The normalized spacial score (nSPS) is 18.7. The summed E-state index contributed by atoms with van der Waals surface area (Å²) >= 11 is 0. The first-order valence-electron chi connectivity index (χ1n) is 8.28. The van der Waals surface area contributed by atoms with Crippen molar-refractivity contribution in [2.75, 3.05) is 16.8 Å². The van der Waals surface area contributed by atoms with Crippen LogP contribution in [-0.2, 0) is 16.3 Å². The number of benzene rings is 1. The van der Waals surface area contributed by atoms with E-state index in [1.165, 1.54) is 5.56 Å². The van der Waals surface area contributed by atoms with Gasteiger partial charge in [0, 0.05) is 11.7 Å². The molecule has 6 nitrogen and oxygen atoms in total. The SMILES string of the molecule is CCc1ccc(Nc2ccc(C(=O)NC3CCS(=O)(=O)C3)nc2)cc1. The van der Waals surface area contributed by atoms with Gasteiger partial charge in [-0.15, -0.1) is 0 Å². The highest BCUT2D eigenvalue weighted by atomic mass is 32.2. The van der Waals surface area contributed by atoms with Crippen molar-refractivity contribution in [1.82, 2.24) is 10.3 Å². The van der Waals surface area contributed by atoms with E-state index in [4.69, 9.17) is 0 Å². The number of sulfone groups is 1. The zero-order valence-electron chi connectivity index (χ0n) is 14.0.